The first kappa shape index (κ1) is 25.0. The zero-order valence-electron chi connectivity index (χ0n) is 20.2. The lowest BCUT2D eigenvalue weighted by molar-refractivity contribution is -0.132. The van der Waals surface area contributed by atoms with Crippen molar-refractivity contribution in [1.29, 1.82) is 5.26 Å². The van der Waals surface area contributed by atoms with E-state index in [0.717, 1.165) is 0 Å². The summed E-state index contributed by atoms with van der Waals surface area (Å²) in [5.74, 6) is -1.78. The molecule has 37 heavy (non-hydrogen) atoms. The lowest BCUT2D eigenvalue weighted by Gasteiger charge is -2.25. The fourth-order valence-corrected chi connectivity index (χ4v) is 4.16. The number of ketones is 1. The molecule has 0 bridgehead atoms. The number of nitrogens with zero attached hydrogens (tertiary/aromatic N) is 2. The topological polar surface area (TPSA) is 126 Å². The minimum Gasteiger partial charge on any atom is -0.507 e. The SMILES string of the molecule is COc1ccc(/C(O)=C2\C(=O)C(=O)N(c3ccc(C#N)cc3)C2c2cccc(OC(C)=O)c2)cc1OC. The summed E-state index contributed by atoms with van der Waals surface area (Å²) in [4.78, 5) is 39.4. The quantitative estimate of drug-likeness (QED) is 0.177. The molecule has 9 nitrogen and oxygen atoms in total. The van der Waals surface area contributed by atoms with Gasteiger partial charge in [0, 0.05) is 18.2 Å². The van der Waals surface area contributed by atoms with Crippen LogP contribution in [0.15, 0.2) is 72.3 Å². The molecular weight excluding hydrogens is 476 g/mol. The molecule has 1 fully saturated rings. The molecular formula is C28H22N2O7. The van der Waals surface area contributed by atoms with Gasteiger partial charge in [-0.05, 0) is 60.2 Å². The standard InChI is InChI=1S/C28H22N2O7/c1-16(31)37-21-6-4-5-18(13-21)25-24(26(32)19-9-12-22(35-2)23(14-19)36-3)27(33)28(34)30(25)20-10-7-17(15-29)8-11-20/h4-14,25,32H,1-3H3/b26-24+. The zero-order valence-corrected chi connectivity index (χ0v) is 20.2. The Morgan fingerprint density at radius 3 is 2.30 bits per heavy atom. The predicted molar refractivity (Wildman–Crippen MR) is 133 cm³/mol. The van der Waals surface area contributed by atoms with E-state index >= 15 is 0 Å². The van der Waals surface area contributed by atoms with E-state index in [9.17, 15) is 19.5 Å². The van der Waals surface area contributed by atoms with Crippen molar-refractivity contribution in [2.45, 2.75) is 13.0 Å². The molecule has 0 spiro atoms. The van der Waals surface area contributed by atoms with E-state index in [1.54, 1.807) is 36.4 Å². The first-order chi connectivity index (χ1) is 17.8. The van der Waals surface area contributed by atoms with Gasteiger partial charge in [-0.3, -0.25) is 19.3 Å². The first-order valence-corrected chi connectivity index (χ1v) is 11.1. The number of carbonyl (C=O) groups excluding carboxylic acids is 3. The highest BCUT2D eigenvalue weighted by atomic mass is 16.5. The largest absolute Gasteiger partial charge is 0.507 e. The number of esters is 1. The Bertz CT molecular complexity index is 1470. The van der Waals surface area contributed by atoms with E-state index in [1.807, 2.05) is 6.07 Å². The van der Waals surface area contributed by atoms with Crippen molar-refractivity contribution in [2.24, 2.45) is 0 Å². The number of aliphatic hydroxyl groups is 1. The Hall–Kier alpha value is -5.10. The third kappa shape index (κ3) is 4.73. The molecule has 1 atom stereocenters. The van der Waals surface area contributed by atoms with Crippen LogP contribution < -0.4 is 19.1 Å². The number of carbonyl (C=O) groups is 3. The van der Waals surface area contributed by atoms with Gasteiger partial charge in [-0.2, -0.15) is 5.26 Å². The van der Waals surface area contributed by atoms with Crippen LogP contribution in [0, 0.1) is 11.3 Å². The molecule has 1 saturated heterocycles. The number of methoxy groups -OCH3 is 2. The number of hydrogen-bond acceptors (Lipinski definition) is 8. The Morgan fingerprint density at radius 2 is 1.68 bits per heavy atom. The van der Waals surface area contributed by atoms with Crippen LogP contribution in [0.1, 0.15) is 29.7 Å². The molecule has 0 saturated carbocycles. The molecule has 186 valence electrons. The number of aliphatic hydroxyl groups excluding tert-OH is 1. The maximum Gasteiger partial charge on any atom is 0.308 e. The van der Waals surface area contributed by atoms with E-state index in [0.29, 0.717) is 28.3 Å². The smallest absolute Gasteiger partial charge is 0.308 e. The number of amides is 1. The maximum atomic E-state index is 13.3. The molecule has 0 aromatic heterocycles. The number of Topliss-reactive ketones (excluding diaryl/α,β-unsaturated/α-hetero) is 1. The van der Waals surface area contributed by atoms with Crippen molar-refractivity contribution in [1.82, 2.24) is 0 Å². The summed E-state index contributed by atoms with van der Waals surface area (Å²) in [6.45, 7) is 1.26. The second kappa shape index (κ2) is 10.3. The van der Waals surface area contributed by atoms with Crippen LogP contribution in [0.4, 0.5) is 5.69 Å². The summed E-state index contributed by atoms with van der Waals surface area (Å²) >= 11 is 0. The van der Waals surface area contributed by atoms with Crippen LogP contribution in [0.3, 0.4) is 0 Å². The molecule has 1 amide bonds. The van der Waals surface area contributed by atoms with Crippen molar-refractivity contribution < 1.29 is 33.7 Å². The minimum absolute atomic E-state index is 0.165. The number of hydrogen-bond donors (Lipinski definition) is 1. The van der Waals surface area contributed by atoms with Crippen LogP contribution >= 0.6 is 0 Å². The highest BCUT2D eigenvalue weighted by Gasteiger charge is 2.47. The van der Waals surface area contributed by atoms with Crippen LogP contribution in [0.25, 0.3) is 5.76 Å². The van der Waals surface area contributed by atoms with E-state index in [1.165, 1.54) is 56.4 Å². The van der Waals surface area contributed by atoms with Gasteiger partial charge in [0.1, 0.15) is 11.5 Å². The van der Waals surface area contributed by atoms with Gasteiger partial charge in [0.25, 0.3) is 11.7 Å². The lowest BCUT2D eigenvalue weighted by Crippen LogP contribution is -2.29. The predicted octanol–water partition coefficient (Wildman–Crippen LogP) is 4.13. The van der Waals surface area contributed by atoms with Crippen molar-refractivity contribution >= 4 is 29.1 Å². The summed E-state index contributed by atoms with van der Waals surface area (Å²) < 4.78 is 15.8. The molecule has 4 rings (SSSR count). The Balaban J connectivity index is 1.94. The molecule has 0 aliphatic carbocycles. The Morgan fingerprint density at radius 1 is 0.973 bits per heavy atom. The molecule has 1 heterocycles. The van der Waals surface area contributed by atoms with Crippen molar-refractivity contribution in [3.8, 4) is 23.3 Å². The summed E-state index contributed by atoms with van der Waals surface area (Å²) in [5.41, 5.74) is 1.21. The first-order valence-electron chi connectivity index (χ1n) is 11.1. The van der Waals surface area contributed by atoms with Crippen LogP contribution in [-0.4, -0.2) is 37.0 Å². The summed E-state index contributed by atoms with van der Waals surface area (Å²) in [5, 5.41) is 20.5. The van der Waals surface area contributed by atoms with Gasteiger partial charge in [0.05, 0.1) is 37.5 Å². The third-order valence-corrected chi connectivity index (χ3v) is 5.81. The Labute approximate surface area is 212 Å². The number of rotatable bonds is 6. The van der Waals surface area contributed by atoms with Crippen molar-refractivity contribution in [3.63, 3.8) is 0 Å². The highest BCUT2D eigenvalue weighted by Crippen LogP contribution is 2.43. The maximum absolute atomic E-state index is 13.3. The van der Waals surface area contributed by atoms with Gasteiger partial charge >= 0.3 is 5.97 Å². The molecule has 1 aliphatic rings. The van der Waals surface area contributed by atoms with Crippen LogP contribution in [-0.2, 0) is 14.4 Å². The lowest BCUT2D eigenvalue weighted by atomic mass is 9.94. The van der Waals surface area contributed by atoms with E-state index in [4.69, 9.17) is 19.5 Å². The van der Waals surface area contributed by atoms with Gasteiger partial charge < -0.3 is 19.3 Å². The summed E-state index contributed by atoms with van der Waals surface area (Å²) in [6, 6.07) is 18.1. The molecule has 1 aliphatic heterocycles. The zero-order chi connectivity index (χ0) is 26.7. The monoisotopic (exact) mass is 498 g/mol. The second-order valence-corrected chi connectivity index (χ2v) is 8.06. The van der Waals surface area contributed by atoms with E-state index in [-0.39, 0.29) is 16.9 Å². The van der Waals surface area contributed by atoms with Crippen molar-refractivity contribution in [3.05, 3.63) is 89.0 Å². The van der Waals surface area contributed by atoms with Gasteiger partial charge in [-0.15, -0.1) is 0 Å². The van der Waals surface area contributed by atoms with E-state index in [2.05, 4.69) is 0 Å². The number of ether oxygens (including phenoxy) is 3. The van der Waals surface area contributed by atoms with E-state index < -0.39 is 29.5 Å². The molecule has 9 heteroatoms. The van der Waals surface area contributed by atoms with Gasteiger partial charge in [-0.1, -0.05) is 12.1 Å². The van der Waals surface area contributed by atoms with Crippen molar-refractivity contribution in [2.75, 3.05) is 19.1 Å². The fourth-order valence-electron chi connectivity index (χ4n) is 4.16. The Kier molecular flexibility index (Phi) is 6.93. The fraction of sp³-hybridized carbons (Fsp3) is 0.143. The van der Waals surface area contributed by atoms with Crippen LogP contribution in [0.2, 0.25) is 0 Å². The number of nitriles is 1. The summed E-state index contributed by atoms with van der Waals surface area (Å²) in [7, 11) is 2.91. The molecule has 1 N–H and O–H groups in total. The van der Waals surface area contributed by atoms with Gasteiger partial charge in [-0.25, -0.2) is 0 Å². The molecule has 3 aromatic carbocycles. The number of benzene rings is 3. The summed E-state index contributed by atoms with van der Waals surface area (Å²) in [6.07, 6.45) is 0. The van der Waals surface area contributed by atoms with Crippen LogP contribution in [0.5, 0.6) is 17.2 Å². The second-order valence-electron chi connectivity index (χ2n) is 8.06. The van der Waals surface area contributed by atoms with Gasteiger partial charge in [0.15, 0.2) is 11.5 Å². The number of anilines is 1. The average molecular weight is 498 g/mol. The molecule has 0 radical (unpaired) electrons. The van der Waals surface area contributed by atoms with Gasteiger partial charge in [0.2, 0.25) is 0 Å². The molecule has 3 aromatic rings. The highest BCUT2D eigenvalue weighted by molar-refractivity contribution is 6.51. The normalized spacial score (nSPS) is 16.3. The average Bonchev–Trinajstić information content (AvgIpc) is 3.17. The minimum atomic E-state index is -1.06. The third-order valence-electron chi connectivity index (χ3n) is 5.81. The molecule has 1 unspecified atom stereocenters.